The first-order chi connectivity index (χ1) is 13.4. The summed E-state index contributed by atoms with van der Waals surface area (Å²) in [4.78, 5) is 53.1. The van der Waals surface area contributed by atoms with E-state index in [1.807, 2.05) is 6.92 Å². The molecule has 3 atom stereocenters. The van der Waals surface area contributed by atoms with E-state index in [2.05, 4.69) is 10.6 Å². The Labute approximate surface area is 177 Å². The molecule has 3 rings (SSSR count). The molecule has 3 fully saturated rings. The Kier molecular flexibility index (Phi) is 7.87. The normalized spacial score (nSPS) is 29.4. The van der Waals surface area contributed by atoms with Crippen molar-refractivity contribution in [2.24, 2.45) is 17.6 Å². The van der Waals surface area contributed by atoms with E-state index in [0.717, 1.165) is 24.2 Å². The van der Waals surface area contributed by atoms with Gasteiger partial charge in [0.25, 0.3) is 5.91 Å². The summed E-state index contributed by atoms with van der Waals surface area (Å²) in [5.41, 5.74) is 4.55. The zero-order valence-corrected chi connectivity index (χ0v) is 17.8. The van der Waals surface area contributed by atoms with Gasteiger partial charge in [0, 0.05) is 26.2 Å². The fourth-order valence-corrected chi connectivity index (χ4v) is 4.63. The summed E-state index contributed by atoms with van der Waals surface area (Å²) >= 11 is 0. The van der Waals surface area contributed by atoms with Gasteiger partial charge in [-0.25, -0.2) is 4.79 Å². The van der Waals surface area contributed by atoms with Crippen LogP contribution < -0.4 is 16.4 Å². The molecule has 0 aromatic carbocycles. The van der Waals surface area contributed by atoms with Gasteiger partial charge < -0.3 is 21.3 Å². The Hall–Kier alpha value is -1.87. The highest BCUT2D eigenvalue weighted by atomic mass is 35.5. The zero-order valence-electron chi connectivity index (χ0n) is 16.9. The molecular weight excluding hydrogens is 398 g/mol. The molecule has 1 saturated carbocycles. The van der Waals surface area contributed by atoms with Gasteiger partial charge in [0.05, 0.1) is 5.92 Å². The molecule has 1 aliphatic carbocycles. The number of halogens is 1. The monoisotopic (exact) mass is 429 g/mol. The smallest absolute Gasteiger partial charge is 0.325 e. The Morgan fingerprint density at radius 1 is 1.24 bits per heavy atom. The fraction of sp³-hybridized carbons (Fsp3) is 0.789. The lowest BCUT2D eigenvalue weighted by molar-refractivity contribution is -0.142. The molecule has 2 saturated heterocycles. The Morgan fingerprint density at radius 3 is 2.69 bits per heavy atom. The number of nitrogens with one attached hydrogen (secondary N) is 2. The van der Waals surface area contributed by atoms with Gasteiger partial charge in [-0.2, -0.15) is 0 Å². The van der Waals surface area contributed by atoms with Crippen LogP contribution in [0.25, 0.3) is 0 Å². The largest absolute Gasteiger partial charge is 0.355 e. The maximum absolute atomic E-state index is 13.0. The number of rotatable bonds is 5. The molecule has 4 N–H and O–H groups in total. The number of urea groups is 1. The van der Waals surface area contributed by atoms with Crippen LogP contribution in [0.1, 0.15) is 45.4 Å². The summed E-state index contributed by atoms with van der Waals surface area (Å²) in [6.07, 6.45) is 4.88. The van der Waals surface area contributed by atoms with Crippen LogP contribution in [-0.4, -0.2) is 71.8 Å². The molecule has 0 radical (unpaired) electrons. The number of imide groups is 1. The summed E-state index contributed by atoms with van der Waals surface area (Å²) < 4.78 is 0. The first-order valence-corrected chi connectivity index (χ1v) is 10.3. The van der Waals surface area contributed by atoms with E-state index in [1.165, 1.54) is 0 Å². The van der Waals surface area contributed by atoms with Crippen LogP contribution in [-0.2, 0) is 14.4 Å². The summed E-state index contributed by atoms with van der Waals surface area (Å²) in [6, 6.07) is -0.485. The number of hydrogen-bond donors (Lipinski definition) is 3. The number of piperidine rings is 1. The average molecular weight is 430 g/mol. The minimum absolute atomic E-state index is 0. The number of likely N-dealkylation sites (tertiary alicyclic amines) is 1. The maximum atomic E-state index is 13.0. The number of carbonyl (C=O) groups excluding carboxylic acids is 4. The number of carbonyl (C=O) groups is 4. The highest BCUT2D eigenvalue weighted by molar-refractivity contribution is 6.09. The lowest BCUT2D eigenvalue weighted by Gasteiger charge is -2.37. The third-order valence-corrected chi connectivity index (χ3v) is 6.38. The Morgan fingerprint density at radius 2 is 2.00 bits per heavy atom. The van der Waals surface area contributed by atoms with Crippen LogP contribution >= 0.6 is 12.4 Å². The van der Waals surface area contributed by atoms with Crippen molar-refractivity contribution < 1.29 is 19.2 Å². The van der Waals surface area contributed by atoms with E-state index in [4.69, 9.17) is 5.73 Å². The van der Waals surface area contributed by atoms with Gasteiger partial charge in [-0.3, -0.25) is 19.3 Å². The molecule has 0 bridgehead atoms. The second-order valence-electron chi connectivity index (χ2n) is 8.20. The van der Waals surface area contributed by atoms with Gasteiger partial charge in [-0.1, -0.05) is 19.8 Å². The number of hydrogen-bond acceptors (Lipinski definition) is 5. The minimum atomic E-state index is -0.859. The summed E-state index contributed by atoms with van der Waals surface area (Å²) in [6.45, 7) is 3.33. The van der Waals surface area contributed by atoms with E-state index in [1.54, 1.807) is 4.90 Å². The molecule has 2 aliphatic heterocycles. The molecule has 3 aliphatic rings. The standard InChI is InChI=1S/C19H31N5O4.ClH/c1-13-5-2-3-7-19(13)17(27)24(18(28)22-19)12-15(25)23-10-4-6-14(11-23)16(26)21-9-8-20;/h13-14H,2-12,20H2,1H3,(H,21,26)(H,22,28);1H. The van der Waals surface area contributed by atoms with E-state index in [9.17, 15) is 19.2 Å². The Bertz CT molecular complexity index is 661. The molecule has 2 heterocycles. The first kappa shape index (κ1) is 23.4. The molecule has 10 heteroatoms. The number of nitrogens with two attached hydrogens (primary N) is 1. The fourth-order valence-electron chi connectivity index (χ4n) is 4.63. The molecule has 9 nitrogen and oxygen atoms in total. The highest BCUT2D eigenvalue weighted by Crippen LogP contribution is 2.38. The summed E-state index contributed by atoms with van der Waals surface area (Å²) in [7, 11) is 0. The van der Waals surface area contributed by atoms with E-state index in [0.29, 0.717) is 45.4 Å². The SMILES string of the molecule is CC1CCCCC12NC(=O)N(CC(=O)N1CCCC(C(=O)NCCN)C1)C2=O.Cl. The summed E-state index contributed by atoms with van der Waals surface area (Å²) in [5, 5.41) is 5.63. The molecule has 1 spiro atoms. The molecule has 164 valence electrons. The van der Waals surface area contributed by atoms with Crippen molar-refractivity contribution in [3.05, 3.63) is 0 Å². The van der Waals surface area contributed by atoms with E-state index < -0.39 is 11.6 Å². The van der Waals surface area contributed by atoms with Crippen molar-refractivity contribution in [2.75, 3.05) is 32.7 Å². The van der Waals surface area contributed by atoms with Gasteiger partial charge in [0.2, 0.25) is 11.8 Å². The van der Waals surface area contributed by atoms with E-state index >= 15 is 0 Å². The lowest BCUT2D eigenvalue weighted by atomic mass is 9.73. The van der Waals surface area contributed by atoms with E-state index in [-0.39, 0.29) is 48.5 Å². The van der Waals surface area contributed by atoms with Crippen molar-refractivity contribution in [3.63, 3.8) is 0 Å². The van der Waals surface area contributed by atoms with Gasteiger partial charge in [-0.15, -0.1) is 12.4 Å². The van der Waals surface area contributed by atoms with Gasteiger partial charge in [0.1, 0.15) is 12.1 Å². The molecule has 0 aromatic heterocycles. The van der Waals surface area contributed by atoms with Gasteiger partial charge in [0.15, 0.2) is 0 Å². The van der Waals surface area contributed by atoms with Crippen LogP contribution in [0.2, 0.25) is 0 Å². The highest BCUT2D eigenvalue weighted by Gasteiger charge is 2.55. The molecular formula is C19H32ClN5O4. The second-order valence-corrected chi connectivity index (χ2v) is 8.20. The third kappa shape index (κ3) is 4.66. The maximum Gasteiger partial charge on any atom is 0.325 e. The predicted octanol–water partition coefficient (Wildman–Crippen LogP) is 0.222. The van der Waals surface area contributed by atoms with Crippen molar-refractivity contribution in [3.8, 4) is 0 Å². The van der Waals surface area contributed by atoms with Crippen molar-refractivity contribution in [1.82, 2.24) is 20.4 Å². The van der Waals surface area contributed by atoms with Gasteiger partial charge in [-0.05, 0) is 31.6 Å². The topological polar surface area (TPSA) is 125 Å². The average Bonchev–Trinajstić information content (AvgIpc) is 2.93. The van der Waals surface area contributed by atoms with Crippen LogP contribution in [0, 0.1) is 11.8 Å². The molecule has 0 aromatic rings. The first-order valence-electron chi connectivity index (χ1n) is 10.3. The predicted molar refractivity (Wildman–Crippen MR) is 109 cm³/mol. The number of nitrogens with zero attached hydrogens (tertiary/aromatic N) is 2. The zero-order chi connectivity index (χ0) is 20.3. The molecule has 29 heavy (non-hydrogen) atoms. The van der Waals surface area contributed by atoms with Crippen LogP contribution in [0.4, 0.5) is 4.79 Å². The molecule has 5 amide bonds. The minimum Gasteiger partial charge on any atom is -0.355 e. The third-order valence-electron chi connectivity index (χ3n) is 6.38. The van der Waals surface area contributed by atoms with Crippen LogP contribution in [0.5, 0.6) is 0 Å². The van der Waals surface area contributed by atoms with Crippen molar-refractivity contribution in [2.45, 2.75) is 51.0 Å². The summed E-state index contributed by atoms with van der Waals surface area (Å²) in [5.74, 6) is -0.902. The number of amides is 5. The second kappa shape index (κ2) is 9.75. The Balaban J connectivity index is 0.00000300. The van der Waals surface area contributed by atoms with Crippen molar-refractivity contribution in [1.29, 1.82) is 0 Å². The molecule has 3 unspecified atom stereocenters. The quantitative estimate of drug-likeness (QED) is 0.539. The van der Waals surface area contributed by atoms with Crippen LogP contribution in [0.3, 0.4) is 0 Å². The van der Waals surface area contributed by atoms with Crippen LogP contribution in [0.15, 0.2) is 0 Å². The van der Waals surface area contributed by atoms with Gasteiger partial charge >= 0.3 is 6.03 Å². The lowest BCUT2D eigenvalue weighted by Crippen LogP contribution is -2.54. The van der Waals surface area contributed by atoms with Crippen molar-refractivity contribution >= 4 is 36.2 Å².